The van der Waals surface area contributed by atoms with Crippen molar-refractivity contribution < 1.29 is 25.9 Å². The van der Waals surface area contributed by atoms with Crippen molar-refractivity contribution in [3.8, 4) is 11.5 Å². The Morgan fingerprint density at radius 1 is 0.696 bits per heavy atom. The van der Waals surface area contributed by atoms with Gasteiger partial charge in [0.1, 0.15) is 0 Å². The zero-order valence-electron chi connectivity index (χ0n) is 11.5. The zero-order chi connectivity index (χ0) is 14.5. The number of nitrogens with zero attached hydrogens (tertiary/aromatic N) is 2. The first kappa shape index (κ1) is 14.4. The minimum Gasteiger partial charge on any atom is -0.448 e. The predicted molar refractivity (Wildman–Crippen MR) is 87.7 cm³/mol. The van der Waals surface area contributed by atoms with Crippen LogP contribution in [0.25, 0.3) is 21.8 Å². The lowest BCUT2D eigenvalue weighted by Crippen LogP contribution is -3.62. The van der Waals surface area contributed by atoms with Crippen molar-refractivity contribution in [3.05, 3.63) is 68.1 Å². The lowest BCUT2D eigenvalue weighted by molar-refractivity contribution is -0.597. The van der Waals surface area contributed by atoms with Crippen molar-refractivity contribution in [3.63, 3.8) is 0 Å². The molecule has 2 aromatic carbocycles. The fourth-order valence-electron chi connectivity index (χ4n) is 2.76. The van der Waals surface area contributed by atoms with Crippen LogP contribution in [0.1, 0.15) is 7.43 Å². The van der Waals surface area contributed by atoms with Crippen LogP contribution in [-0.2, 0) is 0 Å². The van der Waals surface area contributed by atoms with Gasteiger partial charge in [0.05, 0.1) is 21.8 Å². The van der Waals surface area contributed by atoms with Crippen molar-refractivity contribution in [1.82, 2.24) is 9.97 Å². The van der Waals surface area contributed by atoms with Crippen LogP contribution in [0.2, 0.25) is 0 Å². The van der Waals surface area contributed by atoms with E-state index < -0.39 is 0 Å². The van der Waals surface area contributed by atoms with Gasteiger partial charge in [0.15, 0.2) is 11.5 Å². The molecule has 0 atom stereocenters. The number of fused-ring (bicyclic) bond motifs is 6. The summed E-state index contributed by atoms with van der Waals surface area (Å²) in [6.07, 6.45) is 3.67. The Hall–Kier alpha value is -2.21. The standard InChI is InChI=1S/C18H10IN2O.CH4/c1-3-11-13(20-9-1)5-7-15-17(11)19-18-12-4-2-10-21-14(12)6-8-16(18)22-15;/h1-10H;1H4/q+1;. The molecule has 0 N–H and O–H groups in total. The Bertz CT molecular complexity index is 963. The first-order chi connectivity index (χ1) is 10.9. The smallest absolute Gasteiger partial charge is 0.367 e. The molecule has 0 fully saturated rings. The zero-order valence-corrected chi connectivity index (χ0v) is 13.6. The van der Waals surface area contributed by atoms with Crippen LogP contribution in [0.4, 0.5) is 0 Å². The second-order valence-electron chi connectivity index (χ2n) is 5.09. The summed E-state index contributed by atoms with van der Waals surface area (Å²) in [6.45, 7) is 0. The molecule has 0 spiro atoms. The van der Waals surface area contributed by atoms with Crippen molar-refractivity contribution in [2.24, 2.45) is 0 Å². The Labute approximate surface area is 144 Å². The highest BCUT2D eigenvalue weighted by Crippen LogP contribution is 2.30. The van der Waals surface area contributed by atoms with Crippen LogP contribution in [-0.4, -0.2) is 9.97 Å². The summed E-state index contributed by atoms with van der Waals surface area (Å²) >= 11 is -0.334. The van der Waals surface area contributed by atoms with Gasteiger partial charge < -0.3 is 4.74 Å². The molecule has 0 saturated heterocycles. The summed E-state index contributed by atoms with van der Waals surface area (Å²) in [5.74, 6) is 1.95. The van der Waals surface area contributed by atoms with E-state index in [-0.39, 0.29) is 28.6 Å². The van der Waals surface area contributed by atoms with E-state index in [1.807, 2.05) is 48.8 Å². The molecule has 112 valence electrons. The highest BCUT2D eigenvalue weighted by atomic mass is 127. The van der Waals surface area contributed by atoms with Gasteiger partial charge >= 0.3 is 21.2 Å². The van der Waals surface area contributed by atoms with Crippen LogP contribution >= 0.6 is 0 Å². The number of rotatable bonds is 0. The predicted octanol–water partition coefficient (Wildman–Crippen LogP) is 1.65. The van der Waals surface area contributed by atoms with E-state index in [9.17, 15) is 0 Å². The topological polar surface area (TPSA) is 35.0 Å². The third-order valence-corrected chi connectivity index (χ3v) is 7.08. The molecular weight excluding hydrogens is 399 g/mol. The highest BCUT2D eigenvalue weighted by molar-refractivity contribution is 5.82. The lowest BCUT2D eigenvalue weighted by atomic mass is 10.2. The second kappa shape index (κ2) is 5.45. The molecule has 4 heteroatoms. The van der Waals surface area contributed by atoms with E-state index in [4.69, 9.17) is 4.74 Å². The molecule has 5 rings (SSSR count). The Morgan fingerprint density at radius 3 is 1.74 bits per heavy atom. The first-order valence-corrected chi connectivity index (χ1v) is 9.14. The van der Waals surface area contributed by atoms with E-state index in [0.717, 1.165) is 22.5 Å². The van der Waals surface area contributed by atoms with Crippen LogP contribution in [0.15, 0.2) is 60.9 Å². The quantitative estimate of drug-likeness (QED) is 0.363. The molecule has 3 heterocycles. The maximum Gasteiger partial charge on any atom is 0.367 e. The SMILES string of the molecule is C.c1cnc2ccc3c(c2c1)[I+]c1c(ccc2ncccc12)O3. The van der Waals surface area contributed by atoms with Gasteiger partial charge in [-0.2, -0.15) is 0 Å². The third kappa shape index (κ3) is 2.16. The largest absolute Gasteiger partial charge is 0.448 e. The minimum atomic E-state index is -0.334. The van der Waals surface area contributed by atoms with Gasteiger partial charge in [-0.25, -0.2) is 0 Å². The number of hydrogen-bond donors (Lipinski definition) is 0. The third-order valence-electron chi connectivity index (χ3n) is 3.78. The molecule has 0 saturated carbocycles. The maximum atomic E-state index is 6.17. The van der Waals surface area contributed by atoms with E-state index in [2.05, 4.69) is 22.1 Å². The van der Waals surface area contributed by atoms with Crippen molar-refractivity contribution in [2.75, 3.05) is 0 Å². The number of hydrogen-bond acceptors (Lipinski definition) is 3. The summed E-state index contributed by atoms with van der Waals surface area (Å²) in [7, 11) is 0. The van der Waals surface area contributed by atoms with Crippen LogP contribution < -0.4 is 25.9 Å². The van der Waals surface area contributed by atoms with E-state index in [1.54, 1.807) is 0 Å². The second-order valence-corrected chi connectivity index (χ2v) is 7.79. The average molecular weight is 413 g/mol. The fourth-order valence-corrected chi connectivity index (χ4v) is 5.90. The van der Waals surface area contributed by atoms with E-state index in [1.165, 1.54) is 17.9 Å². The molecule has 0 aliphatic carbocycles. The molecule has 4 aromatic rings. The molecule has 23 heavy (non-hydrogen) atoms. The van der Waals surface area contributed by atoms with Crippen LogP contribution in [0.3, 0.4) is 0 Å². The fraction of sp³-hybridized carbons (Fsp3) is 0.0526. The van der Waals surface area contributed by atoms with Gasteiger partial charge in [0, 0.05) is 12.4 Å². The first-order valence-electron chi connectivity index (χ1n) is 6.98. The molecule has 2 aromatic heterocycles. The summed E-state index contributed by atoms with van der Waals surface area (Å²) in [5.41, 5.74) is 2.07. The number of benzene rings is 2. The Morgan fingerprint density at radius 2 is 1.22 bits per heavy atom. The monoisotopic (exact) mass is 413 g/mol. The molecule has 0 unspecified atom stereocenters. The van der Waals surface area contributed by atoms with Gasteiger partial charge in [-0.05, 0) is 48.5 Å². The Kier molecular flexibility index (Phi) is 3.41. The highest BCUT2D eigenvalue weighted by Gasteiger charge is 2.35. The maximum absolute atomic E-state index is 6.17. The van der Waals surface area contributed by atoms with Gasteiger partial charge in [-0.3, -0.25) is 9.97 Å². The van der Waals surface area contributed by atoms with Crippen molar-refractivity contribution in [2.45, 2.75) is 7.43 Å². The molecule has 0 amide bonds. The number of ether oxygens (including phenoxy) is 1. The van der Waals surface area contributed by atoms with Crippen LogP contribution in [0.5, 0.6) is 11.5 Å². The minimum absolute atomic E-state index is 0. The summed E-state index contributed by atoms with van der Waals surface area (Å²) < 4.78 is 8.79. The number of halogens is 1. The molecule has 0 radical (unpaired) electrons. The van der Waals surface area contributed by atoms with E-state index in [0.29, 0.717) is 0 Å². The Balaban J connectivity index is 0.00000135. The lowest BCUT2D eigenvalue weighted by Gasteiger charge is -2.13. The number of pyridine rings is 2. The van der Waals surface area contributed by atoms with E-state index >= 15 is 0 Å². The van der Waals surface area contributed by atoms with Crippen molar-refractivity contribution >= 4 is 21.8 Å². The summed E-state index contributed by atoms with van der Waals surface area (Å²) in [6, 6.07) is 16.4. The van der Waals surface area contributed by atoms with Gasteiger partial charge in [-0.15, -0.1) is 0 Å². The van der Waals surface area contributed by atoms with Crippen molar-refractivity contribution in [1.29, 1.82) is 0 Å². The normalized spacial score (nSPS) is 12.2. The van der Waals surface area contributed by atoms with Gasteiger partial charge in [0.2, 0.25) is 7.14 Å². The molecule has 1 aliphatic rings. The van der Waals surface area contributed by atoms with Crippen LogP contribution in [0, 0.1) is 7.14 Å². The van der Waals surface area contributed by atoms with Gasteiger partial charge in [-0.1, -0.05) is 7.43 Å². The summed E-state index contributed by atoms with van der Waals surface area (Å²) in [4.78, 5) is 8.91. The molecule has 3 nitrogen and oxygen atoms in total. The molecule has 1 aliphatic heterocycles. The summed E-state index contributed by atoms with van der Waals surface area (Å²) in [5, 5.41) is 2.42. The van der Waals surface area contributed by atoms with Gasteiger partial charge in [0.25, 0.3) is 0 Å². The molecular formula is C19H14IN2O+. The molecule has 0 bridgehead atoms. The average Bonchev–Trinajstić information content (AvgIpc) is 2.60. The number of aromatic nitrogens is 2.